The number of carboxylic acids is 2. The van der Waals surface area contributed by atoms with Crippen LogP contribution in [0.2, 0.25) is 0 Å². The first-order valence-electron chi connectivity index (χ1n) is 7.73. The average Bonchev–Trinajstić information content (AvgIpc) is 2.63. The number of hydrogen-bond donors (Lipinski definition) is 4. The van der Waals surface area contributed by atoms with Gasteiger partial charge in [-0.1, -0.05) is 36.4 Å². The van der Waals surface area contributed by atoms with E-state index in [4.69, 9.17) is 32.0 Å². The summed E-state index contributed by atoms with van der Waals surface area (Å²) >= 11 is 5.45. The van der Waals surface area contributed by atoms with E-state index in [1.807, 2.05) is 0 Å². The Morgan fingerprint density at radius 1 is 0.731 bits per heavy atom. The van der Waals surface area contributed by atoms with E-state index < -0.39 is 29.5 Å². The number of carboxylic acid groups (broad SMARTS) is 2. The Kier molecular flexibility index (Phi) is 11.7. The lowest BCUT2D eigenvalue weighted by atomic mass is 10.2. The summed E-state index contributed by atoms with van der Waals surface area (Å²) in [5.41, 5.74) is 0.662. The quantitative estimate of drug-likeness (QED) is 0.604. The minimum atomic E-state index is -0.879. The van der Waals surface area contributed by atoms with Crippen LogP contribution in [-0.2, 0) is 0 Å². The van der Waals surface area contributed by atoms with Gasteiger partial charge < -0.3 is 20.4 Å². The second kappa shape index (κ2) is 12.9. The summed E-state index contributed by atoms with van der Waals surface area (Å²) in [6.07, 6.45) is -1.28. The van der Waals surface area contributed by atoms with E-state index in [0.717, 1.165) is 0 Å². The van der Waals surface area contributed by atoms with Gasteiger partial charge in [0.2, 0.25) is 0 Å². The van der Waals surface area contributed by atoms with Crippen molar-refractivity contribution in [3.8, 4) is 0 Å². The minimum absolute atomic E-state index is 0.331. The normalized spacial score (nSPS) is 13.0. The number of halogens is 1. The van der Waals surface area contributed by atoms with Crippen LogP contribution in [0.4, 0.5) is 0 Å². The summed E-state index contributed by atoms with van der Waals surface area (Å²) in [6.45, 7) is 3.09. The van der Waals surface area contributed by atoms with Crippen LogP contribution in [0.25, 0.3) is 0 Å². The summed E-state index contributed by atoms with van der Waals surface area (Å²) in [4.78, 5) is 20.4. The molecule has 142 valence electrons. The predicted molar refractivity (Wildman–Crippen MR) is 99.8 cm³/mol. The zero-order valence-electron chi connectivity index (χ0n) is 14.5. The molecule has 0 heterocycles. The molecule has 0 aliphatic heterocycles. The Balaban J connectivity index is 0.000000362. The van der Waals surface area contributed by atoms with E-state index in [1.54, 1.807) is 74.5 Å². The Morgan fingerprint density at radius 3 is 1.12 bits per heavy atom. The van der Waals surface area contributed by atoms with Crippen LogP contribution in [0.15, 0.2) is 60.7 Å². The molecule has 0 aromatic heterocycles. The number of carbonyl (C=O) groups is 2. The Labute approximate surface area is 157 Å². The standard InChI is InChI=1S/2C7H6O2.C5H11ClO2/c2*8-7(9)6-4-2-1-3-5-6;1-3(7)5(6)4(2)8/h2*1-5H,(H,8,9);3-5,7-8H,1-2H3. The maximum Gasteiger partial charge on any atom is 0.335 e. The van der Waals surface area contributed by atoms with Gasteiger partial charge in [-0.15, -0.1) is 11.6 Å². The van der Waals surface area contributed by atoms with Crippen molar-refractivity contribution < 1.29 is 30.0 Å². The molecule has 2 unspecified atom stereocenters. The number of aliphatic hydroxyl groups excluding tert-OH is 2. The molecule has 4 N–H and O–H groups in total. The highest BCUT2D eigenvalue weighted by Gasteiger charge is 2.15. The Morgan fingerprint density at radius 2 is 1.00 bits per heavy atom. The molecule has 0 fully saturated rings. The molecule has 0 bridgehead atoms. The maximum atomic E-state index is 10.2. The van der Waals surface area contributed by atoms with Crippen LogP contribution >= 0.6 is 11.6 Å². The lowest BCUT2D eigenvalue weighted by Gasteiger charge is -2.14. The molecule has 0 amide bonds. The highest BCUT2D eigenvalue weighted by molar-refractivity contribution is 6.21. The fourth-order valence-corrected chi connectivity index (χ4v) is 1.56. The van der Waals surface area contributed by atoms with Crippen molar-refractivity contribution in [2.24, 2.45) is 0 Å². The van der Waals surface area contributed by atoms with Crippen LogP contribution in [0, 0.1) is 0 Å². The summed E-state index contributed by atoms with van der Waals surface area (Å²) in [5.74, 6) is -1.76. The van der Waals surface area contributed by atoms with E-state index in [9.17, 15) is 9.59 Å². The summed E-state index contributed by atoms with van der Waals surface area (Å²) in [5, 5.41) is 33.6. The lowest BCUT2D eigenvalue weighted by Crippen LogP contribution is -2.27. The molecule has 0 aliphatic carbocycles. The predicted octanol–water partition coefficient (Wildman–Crippen LogP) is 3.13. The molecule has 7 heteroatoms. The fraction of sp³-hybridized carbons (Fsp3) is 0.263. The molecule has 2 atom stereocenters. The van der Waals surface area contributed by atoms with E-state index in [0.29, 0.717) is 11.1 Å². The van der Waals surface area contributed by atoms with Crippen molar-refractivity contribution in [1.29, 1.82) is 0 Å². The van der Waals surface area contributed by atoms with Crippen molar-refractivity contribution in [3.63, 3.8) is 0 Å². The molecule has 0 aliphatic rings. The monoisotopic (exact) mass is 382 g/mol. The molecule has 2 aromatic carbocycles. The third-order valence-corrected chi connectivity index (χ3v) is 3.69. The second-order valence-electron chi connectivity index (χ2n) is 5.27. The van der Waals surface area contributed by atoms with Gasteiger partial charge >= 0.3 is 11.9 Å². The number of hydrogen-bond acceptors (Lipinski definition) is 4. The molecule has 0 radical (unpaired) electrons. The molecule has 0 saturated heterocycles. The molecule has 0 saturated carbocycles. The van der Waals surface area contributed by atoms with Crippen LogP contribution in [-0.4, -0.2) is 49.9 Å². The molecule has 26 heavy (non-hydrogen) atoms. The zero-order valence-corrected chi connectivity index (χ0v) is 15.2. The van der Waals surface area contributed by atoms with Crippen LogP contribution in [0.1, 0.15) is 34.6 Å². The molecular weight excluding hydrogens is 360 g/mol. The van der Waals surface area contributed by atoms with E-state index in [2.05, 4.69) is 0 Å². The number of rotatable bonds is 4. The van der Waals surface area contributed by atoms with Crippen molar-refractivity contribution in [2.75, 3.05) is 0 Å². The number of aliphatic hydroxyl groups is 2. The largest absolute Gasteiger partial charge is 0.478 e. The smallest absolute Gasteiger partial charge is 0.335 e. The number of benzene rings is 2. The number of aromatic carboxylic acids is 2. The first kappa shape index (κ1) is 23.6. The van der Waals surface area contributed by atoms with Crippen LogP contribution in [0.3, 0.4) is 0 Å². The second-order valence-corrected chi connectivity index (χ2v) is 5.77. The van der Waals surface area contributed by atoms with Gasteiger partial charge in [0.15, 0.2) is 0 Å². The van der Waals surface area contributed by atoms with Gasteiger partial charge in [0.05, 0.1) is 28.7 Å². The van der Waals surface area contributed by atoms with Gasteiger partial charge in [-0.05, 0) is 38.1 Å². The first-order chi connectivity index (χ1) is 12.2. The highest BCUT2D eigenvalue weighted by Crippen LogP contribution is 2.06. The van der Waals surface area contributed by atoms with Crippen LogP contribution in [0.5, 0.6) is 0 Å². The van der Waals surface area contributed by atoms with E-state index >= 15 is 0 Å². The van der Waals surface area contributed by atoms with Gasteiger partial charge in [-0.3, -0.25) is 0 Å². The lowest BCUT2D eigenvalue weighted by molar-refractivity contribution is 0.0686. The van der Waals surface area contributed by atoms with Crippen molar-refractivity contribution in [1.82, 2.24) is 0 Å². The molecular formula is C19H23ClO6. The van der Waals surface area contributed by atoms with Crippen LogP contribution < -0.4 is 0 Å². The minimum Gasteiger partial charge on any atom is -0.478 e. The molecule has 6 nitrogen and oxygen atoms in total. The summed E-state index contributed by atoms with van der Waals surface area (Å²) < 4.78 is 0. The highest BCUT2D eigenvalue weighted by atomic mass is 35.5. The van der Waals surface area contributed by atoms with E-state index in [1.165, 1.54) is 0 Å². The first-order valence-corrected chi connectivity index (χ1v) is 8.17. The van der Waals surface area contributed by atoms with Gasteiger partial charge in [0.1, 0.15) is 0 Å². The topological polar surface area (TPSA) is 115 Å². The average molecular weight is 383 g/mol. The third kappa shape index (κ3) is 10.5. The van der Waals surface area contributed by atoms with Crippen molar-refractivity contribution in [2.45, 2.75) is 31.4 Å². The maximum absolute atomic E-state index is 10.2. The molecule has 0 spiro atoms. The number of alkyl halides is 1. The Hall–Kier alpha value is -2.41. The summed E-state index contributed by atoms with van der Waals surface area (Å²) in [7, 11) is 0. The SMILES string of the molecule is CC(O)C(Cl)C(C)O.O=C(O)c1ccccc1.O=C(O)c1ccccc1. The Bertz CT molecular complexity index is 586. The van der Waals surface area contributed by atoms with Crippen molar-refractivity contribution >= 4 is 23.5 Å². The molecule has 2 aromatic rings. The summed E-state index contributed by atoms with van der Waals surface area (Å²) in [6, 6.07) is 16.6. The third-order valence-electron chi connectivity index (χ3n) is 2.96. The zero-order chi connectivity index (χ0) is 20.1. The van der Waals surface area contributed by atoms with Gasteiger partial charge in [0.25, 0.3) is 0 Å². The fourth-order valence-electron chi connectivity index (χ4n) is 1.56. The van der Waals surface area contributed by atoms with Gasteiger partial charge in [0, 0.05) is 0 Å². The van der Waals surface area contributed by atoms with Gasteiger partial charge in [-0.2, -0.15) is 0 Å². The van der Waals surface area contributed by atoms with Crippen molar-refractivity contribution in [3.05, 3.63) is 71.8 Å². The van der Waals surface area contributed by atoms with E-state index in [-0.39, 0.29) is 0 Å². The molecule has 2 rings (SSSR count). The van der Waals surface area contributed by atoms with Gasteiger partial charge in [-0.25, -0.2) is 9.59 Å².